The van der Waals surface area contributed by atoms with E-state index in [1.807, 2.05) is 0 Å². The van der Waals surface area contributed by atoms with Crippen LogP contribution in [0.4, 0.5) is 13.2 Å². The van der Waals surface area contributed by atoms with Crippen LogP contribution in [-0.2, 0) is 10.9 Å². The summed E-state index contributed by atoms with van der Waals surface area (Å²) in [5.41, 5.74) is -0.498. The number of thioether (sulfide) groups is 1. The largest absolute Gasteiger partial charge is 0.436 e. The summed E-state index contributed by atoms with van der Waals surface area (Å²) in [4.78, 5) is 7.53. The van der Waals surface area contributed by atoms with Gasteiger partial charge in [0.05, 0.1) is 5.75 Å². The molecule has 2 aromatic heterocycles. The molecule has 0 radical (unpaired) electrons. The minimum absolute atomic E-state index is 0.163. The smallest absolute Gasteiger partial charge is 0.429 e. The molecule has 0 spiro atoms. The van der Waals surface area contributed by atoms with E-state index < -0.39 is 11.9 Å². The first kappa shape index (κ1) is 15.7. The summed E-state index contributed by atoms with van der Waals surface area (Å²) >= 11 is 1.92. The summed E-state index contributed by atoms with van der Waals surface area (Å²) in [6, 6.07) is 0. The molecule has 0 saturated carbocycles. The van der Waals surface area contributed by atoms with Crippen LogP contribution in [0.5, 0.6) is 0 Å². The molecule has 0 atom stereocenters. The fourth-order valence-corrected chi connectivity index (χ4v) is 2.88. The Morgan fingerprint density at radius 2 is 1.90 bits per heavy atom. The van der Waals surface area contributed by atoms with Crippen LogP contribution < -0.4 is 0 Å². The lowest BCUT2D eigenvalue weighted by atomic mass is 10.4. The van der Waals surface area contributed by atoms with Crippen LogP contribution in [-0.4, -0.2) is 27.5 Å². The van der Waals surface area contributed by atoms with Gasteiger partial charge in [-0.1, -0.05) is 11.8 Å². The summed E-state index contributed by atoms with van der Waals surface area (Å²) in [5.74, 6) is -0.673. The number of thiophene rings is 1. The number of nitrogens with one attached hydrogen (secondary N) is 2. The Labute approximate surface area is 125 Å². The standard InChI is InChI=1S/C11H9F3N4OS2/c1-5(15)19-8(16)4-21-10-9(11(12,13)14)17-6-2-20-3-7(6)18-10/h2-3,15-16H,4H2,1H3. The van der Waals surface area contributed by atoms with Crippen LogP contribution >= 0.6 is 23.1 Å². The fourth-order valence-electron chi connectivity index (χ4n) is 1.41. The van der Waals surface area contributed by atoms with Crippen LogP contribution in [0.15, 0.2) is 15.8 Å². The number of nitrogens with zero attached hydrogens (tertiary/aromatic N) is 2. The summed E-state index contributed by atoms with van der Waals surface area (Å²) in [6.45, 7) is 1.33. The van der Waals surface area contributed by atoms with E-state index in [0.717, 1.165) is 0 Å². The summed E-state index contributed by atoms with van der Waals surface area (Å²) in [5, 5.41) is 17.3. The predicted molar refractivity (Wildman–Crippen MR) is 75.4 cm³/mol. The Hall–Kier alpha value is -1.68. The second-order valence-corrected chi connectivity index (χ2v) is 5.60. The third kappa shape index (κ3) is 3.91. The van der Waals surface area contributed by atoms with Crippen molar-refractivity contribution in [2.24, 2.45) is 0 Å². The van der Waals surface area contributed by atoms with Crippen molar-refractivity contribution in [2.75, 3.05) is 5.75 Å². The van der Waals surface area contributed by atoms with Crippen molar-refractivity contribution >= 4 is 45.9 Å². The van der Waals surface area contributed by atoms with Crippen molar-refractivity contribution in [1.29, 1.82) is 10.8 Å². The van der Waals surface area contributed by atoms with E-state index in [1.54, 1.807) is 5.38 Å². The number of alkyl halides is 3. The van der Waals surface area contributed by atoms with Crippen molar-refractivity contribution in [1.82, 2.24) is 9.97 Å². The molecule has 0 unspecified atom stereocenters. The van der Waals surface area contributed by atoms with Crippen LogP contribution in [0, 0.1) is 10.8 Å². The van der Waals surface area contributed by atoms with Crippen molar-refractivity contribution in [2.45, 2.75) is 18.1 Å². The zero-order chi connectivity index (χ0) is 15.6. The van der Waals surface area contributed by atoms with Gasteiger partial charge in [0.2, 0.25) is 0 Å². The van der Waals surface area contributed by atoms with Gasteiger partial charge in [0.1, 0.15) is 16.1 Å². The Kier molecular flexibility index (Phi) is 4.47. The number of hydrogen-bond donors (Lipinski definition) is 2. The number of aromatic nitrogens is 2. The SMILES string of the molecule is CC(=N)OC(=N)CSc1nc2cscc2nc1C(F)(F)F. The molecule has 2 N–H and O–H groups in total. The van der Waals surface area contributed by atoms with Crippen LogP contribution in [0.25, 0.3) is 11.0 Å². The van der Waals surface area contributed by atoms with Gasteiger partial charge in [0, 0.05) is 17.7 Å². The van der Waals surface area contributed by atoms with Crippen molar-refractivity contribution in [3.8, 4) is 0 Å². The molecular weight excluding hydrogens is 325 g/mol. The quantitative estimate of drug-likeness (QED) is 0.508. The molecular formula is C11H9F3N4OS2. The van der Waals surface area contributed by atoms with E-state index in [1.165, 1.54) is 23.6 Å². The van der Waals surface area contributed by atoms with Gasteiger partial charge in [-0.05, 0) is 0 Å². The molecule has 2 rings (SSSR count). The van der Waals surface area contributed by atoms with Gasteiger partial charge in [0.25, 0.3) is 0 Å². The molecule has 0 fully saturated rings. The average Bonchev–Trinajstić information content (AvgIpc) is 2.80. The van der Waals surface area contributed by atoms with E-state index >= 15 is 0 Å². The summed E-state index contributed by atoms with van der Waals surface area (Å²) in [7, 11) is 0. The third-order valence-corrected chi connectivity index (χ3v) is 3.85. The minimum atomic E-state index is -4.62. The molecule has 0 aliphatic carbocycles. The highest BCUT2D eigenvalue weighted by Crippen LogP contribution is 2.35. The number of hydrogen-bond acceptors (Lipinski definition) is 7. The number of halogens is 3. The van der Waals surface area contributed by atoms with Gasteiger partial charge < -0.3 is 4.74 Å². The van der Waals surface area contributed by atoms with E-state index in [4.69, 9.17) is 10.8 Å². The van der Waals surface area contributed by atoms with Crippen LogP contribution in [0.1, 0.15) is 12.6 Å². The maximum Gasteiger partial charge on any atom is 0.436 e. The molecule has 21 heavy (non-hydrogen) atoms. The predicted octanol–water partition coefficient (Wildman–Crippen LogP) is 3.79. The molecule has 0 bridgehead atoms. The second-order valence-electron chi connectivity index (χ2n) is 3.89. The van der Waals surface area contributed by atoms with E-state index in [2.05, 4.69) is 14.7 Å². The first-order valence-electron chi connectivity index (χ1n) is 5.51. The Balaban J connectivity index is 2.28. The van der Waals surface area contributed by atoms with E-state index in [-0.39, 0.29) is 28.1 Å². The Morgan fingerprint density at radius 1 is 1.29 bits per heavy atom. The van der Waals surface area contributed by atoms with Gasteiger partial charge >= 0.3 is 6.18 Å². The molecule has 2 heterocycles. The first-order valence-corrected chi connectivity index (χ1v) is 7.44. The molecule has 0 amide bonds. The van der Waals surface area contributed by atoms with Crippen molar-refractivity contribution in [3.63, 3.8) is 0 Å². The first-order chi connectivity index (χ1) is 9.77. The molecule has 0 aromatic carbocycles. The maximum atomic E-state index is 13.0. The zero-order valence-electron chi connectivity index (χ0n) is 10.6. The van der Waals surface area contributed by atoms with Crippen LogP contribution in [0.2, 0.25) is 0 Å². The normalized spacial score (nSPS) is 11.6. The highest BCUT2D eigenvalue weighted by molar-refractivity contribution is 7.99. The highest BCUT2D eigenvalue weighted by atomic mass is 32.2. The lowest BCUT2D eigenvalue weighted by Gasteiger charge is -2.11. The summed E-state index contributed by atoms with van der Waals surface area (Å²) < 4.78 is 43.6. The lowest BCUT2D eigenvalue weighted by molar-refractivity contribution is -0.143. The minimum Gasteiger partial charge on any atom is -0.429 e. The molecule has 10 heteroatoms. The van der Waals surface area contributed by atoms with Crippen molar-refractivity contribution in [3.05, 3.63) is 16.5 Å². The van der Waals surface area contributed by atoms with Gasteiger partial charge in [-0.25, -0.2) is 9.97 Å². The van der Waals surface area contributed by atoms with Gasteiger partial charge in [-0.3, -0.25) is 10.8 Å². The fraction of sp³-hybridized carbons (Fsp3) is 0.273. The van der Waals surface area contributed by atoms with E-state index in [9.17, 15) is 13.2 Å². The number of fused-ring (bicyclic) bond motifs is 1. The topological polar surface area (TPSA) is 82.7 Å². The zero-order valence-corrected chi connectivity index (χ0v) is 12.2. The van der Waals surface area contributed by atoms with Gasteiger partial charge in [0.15, 0.2) is 17.5 Å². The Morgan fingerprint density at radius 3 is 2.48 bits per heavy atom. The molecule has 0 aliphatic rings. The molecule has 0 saturated heterocycles. The average molecular weight is 334 g/mol. The second kappa shape index (κ2) is 5.98. The molecule has 0 aliphatic heterocycles. The van der Waals surface area contributed by atoms with Gasteiger partial charge in [-0.2, -0.15) is 13.2 Å². The molecule has 5 nitrogen and oxygen atoms in total. The molecule has 112 valence electrons. The maximum absolute atomic E-state index is 13.0. The van der Waals surface area contributed by atoms with Crippen LogP contribution in [0.3, 0.4) is 0 Å². The Bertz CT molecular complexity index is 698. The van der Waals surface area contributed by atoms with Crippen molar-refractivity contribution < 1.29 is 17.9 Å². The number of ether oxygens (including phenoxy) is 1. The van der Waals surface area contributed by atoms with E-state index in [0.29, 0.717) is 17.3 Å². The third-order valence-electron chi connectivity index (χ3n) is 2.16. The number of rotatable bonds is 3. The molecule has 2 aromatic rings. The lowest BCUT2D eigenvalue weighted by Crippen LogP contribution is -2.13. The highest BCUT2D eigenvalue weighted by Gasteiger charge is 2.37. The van der Waals surface area contributed by atoms with Gasteiger partial charge in [-0.15, -0.1) is 11.3 Å². The monoisotopic (exact) mass is 334 g/mol. The summed E-state index contributed by atoms with van der Waals surface area (Å²) in [6.07, 6.45) is -4.62.